The first kappa shape index (κ1) is 12.0. The van der Waals surface area contributed by atoms with Crippen LogP contribution < -0.4 is 4.74 Å². The van der Waals surface area contributed by atoms with E-state index in [0.717, 1.165) is 24.3 Å². The Kier molecular flexibility index (Phi) is 3.20. The van der Waals surface area contributed by atoms with Crippen molar-refractivity contribution in [2.75, 3.05) is 0 Å². The van der Waals surface area contributed by atoms with Crippen molar-refractivity contribution in [3.63, 3.8) is 0 Å². The summed E-state index contributed by atoms with van der Waals surface area (Å²) >= 11 is 0. The normalized spacial score (nSPS) is 9.89. The molecule has 18 heavy (non-hydrogen) atoms. The molecule has 0 N–H and O–H groups in total. The van der Waals surface area contributed by atoms with Crippen molar-refractivity contribution in [3.8, 4) is 17.6 Å². The molecule has 0 bridgehead atoms. The minimum Gasteiger partial charge on any atom is -0.451 e. The summed E-state index contributed by atoms with van der Waals surface area (Å²) in [7, 11) is 0. The van der Waals surface area contributed by atoms with Crippen LogP contribution in [-0.4, -0.2) is 0 Å². The first-order valence-corrected chi connectivity index (χ1v) is 4.92. The lowest BCUT2D eigenvalue weighted by Crippen LogP contribution is -1.94. The summed E-state index contributed by atoms with van der Waals surface area (Å²) in [6.45, 7) is 0. The number of halogens is 3. The van der Waals surface area contributed by atoms with Crippen molar-refractivity contribution in [1.82, 2.24) is 0 Å². The summed E-state index contributed by atoms with van der Waals surface area (Å²) in [5.74, 6) is -2.99. The van der Waals surface area contributed by atoms with Gasteiger partial charge in [-0.05, 0) is 36.4 Å². The highest BCUT2D eigenvalue weighted by Crippen LogP contribution is 2.28. The fourth-order valence-electron chi connectivity index (χ4n) is 1.34. The molecule has 0 aliphatic heterocycles. The van der Waals surface area contributed by atoms with E-state index < -0.39 is 23.2 Å². The van der Waals surface area contributed by atoms with Gasteiger partial charge in [0.05, 0.1) is 11.6 Å². The third-order valence-corrected chi connectivity index (χ3v) is 2.16. The van der Waals surface area contributed by atoms with Gasteiger partial charge >= 0.3 is 0 Å². The number of ether oxygens (including phenoxy) is 1. The average Bonchev–Trinajstić information content (AvgIpc) is 2.35. The predicted octanol–water partition coefficient (Wildman–Crippen LogP) is 3.77. The molecule has 0 aromatic heterocycles. The van der Waals surface area contributed by atoms with Crippen molar-refractivity contribution in [1.29, 1.82) is 5.26 Å². The molecule has 0 aliphatic carbocycles. The molecule has 0 atom stereocenters. The summed E-state index contributed by atoms with van der Waals surface area (Å²) in [6, 6.07) is 8.04. The van der Waals surface area contributed by atoms with Crippen molar-refractivity contribution in [2.24, 2.45) is 0 Å². The van der Waals surface area contributed by atoms with E-state index in [4.69, 9.17) is 10.00 Å². The second-order valence-electron chi connectivity index (χ2n) is 3.44. The summed E-state index contributed by atoms with van der Waals surface area (Å²) in [4.78, 5) is 0. The summed E-state index contributed by atoms with van der Waals surface area (Å²) in [6.07, 6.45) is 0. The minimum atomic E-state index is -0.990. The van der Waals surface area contributed by atoms with Gasteiger partial charge < -0.3 is 4.74 Å². The number of hydrogen-bond acceptors (Lipinski definition) is 2. The van der Waals surface area contributed by atoms with Crippen molar-refractivity contribution in [2.45, 2.75) is 0 Å². The minimum absolute atomic E-state index is 0.0962. The van der Waals surface area contributed by atoms with E-state index in [0.29, 0.717) is 0 Å². The topological polar surface area (TPSA) is 33.0 Å². The Labute approximate surface area is 101 Å². The number of hydrogen-bond donors (Lipinski definition) is 0. The maximum absolute atomic E-state index is 13.5. The molecule has 90 valence electrons. The fraction of sp³-hybridized carbons (Fsp3) is 0. The lowest BCUT2D eigenvalue weighted by atomic mass is 10.2. The predicted molar refractivity (Wildman–Crippen MR) is 57.5 cm³/mol. The van der Waals surface area contributed by atoms with E-state index in [1.807, 2.05) is 0 Å². The largest absolute Gasteiger partial charge is 0.451 e. The standard InChI is InChI=1S/C13H6F3NO/c14-9-1-3-10(4-2-9)18-13-11(15)5-8(7-17)6-12(13)16/h1-6H. The first-order chi connectivity index (χ1) is 8.60. The Morgan fingerprint density at radius 2 is 1.50 bits per heavy atom. The third-order valence-electron chi connectivity index (χ3n) is 2.16. The van der Waals surface area contributed by atoms with Crippen molar-refractivity contribution in [3.05, 3.63) is 59.4 Å². The Hall–Kier alpha value is -2.48. The first-order valence-electron chi connectivity index (χ1n) is 4.92. The van der Waals surface area contributed by atoms with E-state index in [-0.39, 0.29) is 11.3 Å². The molecule has 0 fully saturated rings. The Morgan fingerprint density at radius 3 is 2.00 bits per heavy atom. The van der Waals surface area contributed by atoms with Crippen LogP contribution in [0.25, 0.3) is 0 Å². The van der Waals surface area contributed by atoms with Gasteiger partial charge in [-0.15, -0.1) is 0 Å². The van der Waals surface area contributed by atoms with Crippen LogP contribution in [0.1, 0.15) is 5.56 Å². The SMILES string of the molecule is N#Cc1cc(F)c(Oc2ccc(F)cc2)c(F)c1. The zero-order valence-electron chi connectivity index (χ0n) is 8.95. The number of nitriles is 1. The summed E-state index contributed by atoms with van der Waals surface area (Å²) in [5, 5.41) is 8.53. The van der Waals surface area contributed by atoms with Gasteiger partial charge in [0.1, 0.15) is 11.6 Å². The lowest BCUT2D eigenvalue weighted by molar-refractivity contribution is 0.406. The lowest BCUT2D eigenvalue weighted by Gasteiger charge is -2.07. The van der Waals surface area contributed by atoms with Gasteiger partial charge in [-0.1, -0.05) is 0 Å². The Bertz CT molecular complexity index is 594. The van der Waals surface area contributed by atoms with E-state index in [9.17, 15) is 13.2 Å². The molecule has 0 amide bonds. The number of benzene rings is 2. The van der Waals surface area contributed by atoms with Crippen LogP contribution in [0, 0.1) is 28.8 Å². The van der Waals surface area contributed by atoms with E-state index in [1.165, 1.54) is 12.1 Å². The second kappa shape index (κ2) is 4.80. The Balaban J connectivity index is 2.35. The third kappa shape index (κ3) is 2.43. The van der Waals surface area contributed by atoms with E-state index >= 15 is 0 Å². The molecule has 0 radical (unpaired) electrons. The fourth-order valence-corrected chi connectivity index (χ4v) is 1.34. The molecule has 0 unspecified atom stereocenters. The molecule has 2 aromatic carbocycles. The maximum atomic E-state index is 13.5. The van der Waals surface area contributed by atoms with Gasteiger partial charge in [0.25, 0.3) is 0 Å². The highest BCUT2D eigenvalue weighted by Gasteiger charge is 2.13. The maximum Gasteiger partial charge on any atom is 0.198 e. The van der Waals surface area contributed by atoms with Crippen molar-refractivity contribution < 1.29 is 17.9 Å². The highest BCUT2D eigenvalue weighted by atomic mass is 19.1. The quantitative estimate of drug-likeness (QED) is 0.811. The summed E-state index contributed by atoms with van der Waals surface area (Å²) in [5.41, 5.74) is -0.142. The smallest absolute Gasteiger partial charge is 0.198 e. The number of nitrogens with zero attached hydrogens (tertiary/aromatic N) is 1. The highest BCUT2D eigenvalue weighted by molar-refractivity contribution is 5.39. The molecular formula is C13H6F3NO. The van der Waals surface area contributed by atoms with E-state index in [2.05, 4.69) is 0 Å². The number of rotatable bonds is 2. The zero-order chi connectivity index (χ0) is 13.1. The Morgan fingerprint density at radius 1 is 0.944 bits per heavy atom. The van der Waals surface area contributed by atoms with Crippen LogP contribution in [0.2, 0.25) is 0 Å². The second-order valence-corrected chi connectivity index (χ2v) is 3.44. The summed E-state index contributed by atoms with van der Waals surface area (Å²) < 4.78 is 44.6. The van der Waals surface area contributed by atoms with Gasteiger partial charge in [-0.3, -0.25) is 0 Å². The van der Waals surface area contributed by atoms with Crippen LogP contribution in [-0.2, 0) is 0 Å². The van der Waals surface area contributed by atoms with E-state index in [1.54, 1.807) is 6.07 Å². The molecule has 0 spiro atoms. The van der Waals surface area contributed by atoms with Gasteiger partial charge in [-0.25, -0.2) is 13.2 Å². The van der Waals surface area contributed by atoms with Crippen molar-refractivity contribution >= 4 is 0 Å². The van der Waals surface area contributed by atoms with Crippen LogP contribution in [0.15, 0.2) is 36.4 Å². The molecule has 0 saturated carbocycles. The molecule has 0 aliphatic rings. The van der Waals surface area contributed by atoms with Gasteiger partial charge in [-0.2, -0.15) is 5.26 Å². The van der Waals surface area contributed by atoms with Gasteiger partial charge in [0.2, 0.25) is 0 Å². The van der Waals surface area contributed by atoms with Crippen LogP contribution >= 0.6 is 0 Å². The van der Waals surface area contributed by atoms with Gasteiger partial charge in [0, 0.05) is 0 Å². The zero-order valence-corrected chi connectivity index (χ0v) is 8.95. The molecule has 2 nitrogen and oxygen atoms in total. The van der Waals surface area contributed by atoms with Crippen LogP contribution in [0.4, 0.5) is 13.2 Å². The molecular weight excluding hydrogens is 243 g/mol. The molecule has 5 heteroatoms. The van der Waals surface area contributed by atoms with Gasteiger partial charge in [0.15, 0.2) is 17.4 Å². The van der Waals surface area contributed by atoms with Crippen LogP contribution in [0.3, 0.4) is 0 Å². The molecule has 0 heterocycles. The van der Waals surface area contributed by atoms with Crippen LogP contribution in [0.5, 0.6) is 11.5 Å². The monoisotopic (exact) mass is 249 g/mol. The average molecular weight is 249 g/mol. The molecule has 2 aromatic rings. The molecule has 0 saturated heterocycles. The molecule has 2 rings (SSSR count).